The van der Waals surface area contributed by atoms with Crippen molar-refractivity contribution in [2.75, 3.05) is 6.54 Å². The summed E-state index contributed by atoms with van der Waals surface area (Å²) in [5.74, 6) is -0.661. The van der Waals surface area contributed by atoms with Crippen LogP contribution in [-0.4, -0.2) is 28.5 Å². The molecule has 1 heterocycles. The van der Waals surface area contributed by atoms with E-state index in [9.17, 15) is 9.18 Å². The van der Waals surface area contributed by atoms with Crippen molar-refractivity contribution in [3.05, 3.63) is 29.6 Å². The summed E-state index contributed by atoms with van der Waals surface area (Å²) >= 11 is 0. The van der Waals surface area contributed by atoms with Gasteiger partial charge in [-0.25, -0.2) is 4.39 Å². The number of piperidine rings is 1. The topological polar surface area (TPSA) is 40.5 Å². The van der Waals surface area contributed by atoms with Crippen molar-refractivity contribution in [1.82, 2.24) is 4.90 Å². The minimum absolute atomic E-state index is 0.0359. The average molecular weight is 251 g/mol. The lowest BCUT2D eigenvalue weighted by Gasteiger charge is -2.36. The number of nitrogens with zero attached hydrogens (tertiary/aromatic N) is 1. The molecule has 4 heteroatoms. The maximum Gasteiger partial charge on any atom is 0.257 e. The standard InChI is InChI=1S/C14H18FNO2/c1-9-3-4-10(2)16(8-9)14(18)12-6-5-11(17)7-13(12)15/h5-7,9-10,17H,3-4,8H2,1-2H3. The maximum absolute atomic E-state index is 13.7. The van der Waals surface area contributed by atoms with Gasteiger partial charge < -0.3 is 10.0 Å². The van der Waals surface area contributed by atoms with Gasteiger partial charge in [0.05, 0.1) is 5.56 Å². The Labute approximate surface area is 106 Å². The average Bonchev–Trinajstić information content (AvgIpc) is 2.31. The van der Waals surface area contributed by atoms with E-state index < -0.39 is 5.82 Å². The van der Waals surface area contributed by atoms with E-state index in [0.29, 0.717) is 12.5 Å². The van der Waals surface area contributed by atoms with Crippen LogP contribution in [0.5, 0.6) is 5.75 Å². The molecule has 1 aromatic rings. The Balaban J connectivity index is 2.24. The third-order valence-corrected chi connectivity index (χ3v) is 3.56. The minimum Gasteiger partial charge on any atom is -0.508 e. The van der Waals surface area contributed by atoms with Crippen LogP contribution < -0.4 is 0 Å². The molecule has 1 N–H and O–H groups in total. The van der Waals surface area contributed by atoms with E-state index in [1.54, 1.807) is 4.90 Å². The SMILES string of the molecule is CC1CCC(C)N(C(=O)c2ccc(O)cc2F)C1. The first-order valence-corrected chi connectivity index (χ1v) is 6.28. The number of aromatic hydroxyl groups is 1. The molecule has 98 valence electrons. The zero-order valence-corrected chi connectivity index (χ0v) is 10.7. The van der Waals surface area contributed by atoms with E-state index in [1.165, 1.54) is 12.1 Å². The largest absolute Gasteiger partial charge is 0.508 e. The fourth-order valence-electron chi connectivity index (χ4n) is 2.40. The van der Waals surface area contributed by atoms with Crippen molar-refractivity contribution in [3.8, 4) is 5.75 Å². The first kappa shape index (κ1) is 12.9. The second-order valence-electron chi connectivity index (χ2n) is 5.15. The Morgan fingerprint density at radius 2 is 2.11 bits per heavy atom. The van der Waals surface area contributed by atoms with E-state index in [4.69, 9.17) is 5.11 Å². The Morgan fingerprint density at radius 3 is 2.78 bits per heavy atom. The van der Waals surface area contributed by atoms with Crippen LogP contribution in [0.1, 0.15) is 37.0 Å². The molecule has 1 amide bonds. The number of amides is 1. The Morgan fingerprint density at radius 1 is 1.39 bits per heavy atom. The molecule has 1 aliphatic rings. The maximum atomic E-state index is 13.7. The lowest BCUT2D eigenvalue weighted by Crippen LogP contribution is -2.45. The van der Waals surface area contributed by atoms with Gasteiger partial charge in [0.2, 0.25) is 0 Å². The van der Waals surface area contributed by atoms with Crippen molar-refractivity contribution < 1.29 is 14.3 Å². The third-order valence-electron chi connectivity index (χ3n) is 3.56. The molecule has 0 bridgehead atoms. The monoisotopic (exact) mass is 251 g/mol. The normalized spacial score (nSPS) is 24.1. The predicted molar refractivity (Wildman–Crippen MR) is 67.0 cm³/mol. The summed E-state index contributed by atoms with van der Waals surface area (Å²) in [7, 11) is 0. The highest BCUT2D eigenvalue weighted by molar-refractivity contribution is 5.94. The minimum atomic E-state index is -0.662. The molecule has 1 fully saturated rings. The molecular weight excluding hydrogens is 233 g/mol. The van der Waals surface area contributed by atoms with Gasteiger partial charge in [-0.05, 0) is 37.8 Å². The molecule has 1 saturated heterocycles. The van der Waals surface area contributed by atoms with E-state index in [0.717, 1.165) is 18.9 Å². The van der Waals surface area contributed by atoms with Gasteiger partial charge in [-0.3, -0.25) is 4.79 Å². The van der Waals surface area contributed by atoms with Crippen LogP contribution >= 0.6 is 0 Å². The van der Waals surface area contributed by atoms with Crippen LogP contribution in [0.4, 0.5) is 4.39 Å². The lowest BCUT2D eigenvalue weighted by atomic mass is 9.94. The molecule has 0 spiro atoms. The van der Waals surface area contributed by atoms with E-state index in [-0.39, 0.29) is 23.3 Å². The number of hydrogen-bond acceptors (Lipinski definition) is 2. The molecule has 3 nitrogen and oxygen atoms in total. The van der Waals surface area contributed by atoms with Crippen molar-refractivity contribution >= 4 is 5.91 Å². The highest BCUT2D eigenvalue weighted by Crippen LogP contribution is 2.25. The van der Waals surface area contributed by atoms with Gasteiger partial charge in [0.1, 0.15) is 11.6 Å². The second kappa shape index (κ2) is 4.96. The number of benzene rings is 1. The van der Waals surface area contributed by atoms with Crippen LogP contribution in [0.15, 0.2) is 18.2 Å². The van der Waals surface area contributed by atoms with E-state index >= 15 is 0 Å². The zero-order valence-electron chi connectivity index (χ0n) is 10.7. The summed E-state index contributed by atoms with van der Waals surface area (Å²) in [4.78, 5) is 14.0. The molecule has 2 unspecified atom stereocenters. The molecular formula is C14H18FNO2. The number of rotatable bonds is 1. The Kier molecular flexibility index (Phi) is 3.55. The molecule has 0 saturated carbocycles. The van der Waals surface area contributed by atoms with Crippen LogP contribution in [0, 0.1) is 11.7 Å². The summed E-state index contributed by atoms with van der Waals surface area (Å²) in [6.07, 6.45) is 2.05. The molecule has 0 radical (unpaired) electrons. The molecule has 0 aliphatic carbocycles. The molecule has 2 rings (SSSR count). The fourth-order valence-corrected chi connectivity index (χ4v) is 2.40. The Bertz CT molecular complexity index is 461. The second-order valence-corrected chi connectivity index (χ2v) is 5.15. The third kappa shape index (κ3) is 2.47. The number of phenols is 1. The van der Waals surface area contributed by atoms with Gasteiger partial charge in [-0.2, -0.15) is 0 Å². The van der Waals surface area contributed by atoms with E-state index in [1.807, 2.05) is 6.92 Å². The van der Waals surface area contributed by atoms with Crippen molar-refractivity contribution in [1.29, 1.82) is 0 Å². The summed E-state index contributed by atoms with van der Waals surface area (Å²) in [6.45, 7) is 4.75. The number of carbonyl (C=O) groups is 1. The zero-order chi connectivity index (χ0) is 13.3. The first-order valence-electron chi connectivity index (χ1n) is 6.28. The van der Waals surface area contributed by atoms with Crippen LogP contribution in [0.2, 0.25) is 0 Å². The molecule has 0 aromatic heterocycles. The summed E-state index contributed by atoms with van der Waals surface area (Å²) in [5, 5.41) is 9.16. The quantitative estimate of drug-likeness (QED) is 0.833. The fraction of sp³-hybridized carbons (Fsp3) is 0.500. The summed E-state index contributed by atoms with van der Waals surface area (Å²) in [6, 6.07) is 3.81. The van der Waals surface area contributed by atoms with Gasteiger partial charge in [0.25, 0.3) is 5.91 Å². The molecule has 18 heavy (non-hydrogen) atoms. The van der Waals surface area contributed by atoms with E-state index in [2.05, 4.69) is 6.92 Å². The summed E-state index contributed by atoms with van der Waals surface area (Å²) < 4.78 is 13.7. The van der Waals surface area contributed by atoms with Gasteiger partial charge in [0.15, 0.2) is 0 Å². The lowest BCUT2D eigenvalue weighted by molar-refractivity contribution is 0.0569. The molecule has 2 atom stereocenters. The number of likely N-dealkylation sites (tertiary alicyclic amines) is 1. The smallest absolute Gasteiger partial charge is 0.257 e. The molecule has 1 aliphatic heterocycles. The number of hydrogen-bond donors (Lipinski definition) is 1. The molecule has 1 aromatic carbocycles. The van der Waals surface area contributed by atoms with Crippen LogP contribution in [-0.2, 0) is 0 Å². The number of halogens is 1. The number of phenolic OH excluding ortho intramolecular Hbond substituents is 1. The van der Waals surface area contributed by atoms with Gasteiger partial charge in [-0.15, -0.1) is 0 Å². The highest BCUT2D eigenvalue weighted by atomic mass is 19.1. The van der Waals surface area contributed by atoms with Crippen LogP contribution in [0.3, 0.4) is 0 Å². The first-order chi connectivity index (χ1) is 8.49. The van der Waals surface area contributed by atoms with Gasteiger partial charge >= 0.3 is 0 Å². The van der Waals surface area contributed by atoms with Crippen molar-refractivity contribution in [2.45, 2.75) is 32.7 Å². The Hall–Kier alpha value is -1.58. The van der Waals surface area contributed by atoms with Crippen molar-refractivity contribution in [3.63, 3.8) is 0 Å². The summed E-state index contributed by atoms with van der Waals surface area (Å²) in [5.41, 5.74) is 0.0359. The van der Waals surface area contributed by atoms with Gasteiger partial charge in [0, 0.05) is 18.7 Å². The van der Waals surface area contributed by atoms with Gasteiger partial charge in [-0.1, -0.05) is 6.92 Å². The van der Waals surface area contributed by atoms with Crippen LogP contribution in [0.25, 0.3) is 0 Å². The number of carbonyl (C=O) groups excluding carboxylic acids is 1. The highest BCUT2D eigenvalue weighted by Gasteiger charge is 2.28. The predicted octanol–water partition coefficient (Wildman–Crippen LogP) is 2.79. The van der Waals surface area contributed by atoms with Crippen molar-refractivity contribution in [2.24, 2.45) is 5.92 Å².